The summed E-state index contributed by atoms with van der Waals surface area (Å²) in [6.07, 6.45) is 1.60. The van der Waals surface area contributed by atoms with Crippen LogP contribution in [0.3, 0.4) is 0 Å². The molecule has 19 heavy (non-hydrogen) atoms. The number of esters is 1. The van der Waals surface area contributed by atoms with Crippen LogP contribution in [0.4, 0.5) is 0 Å². The minimum atomic E-state index is -0.336. The van der Waals surface area contributed by atoms with E-state index in [4.69, 9.17) is 14.2 Å². The first-order chi connectivity index (χ1) is 9.13. The van der Waals surface area contributed by atoms with Gasteiger partial charge in [0.05, 0.1) is 25.2 Å². The molecule has 0 aliphatic carbocycles. The first kappa shape index (κ1) is 16.4. The number of hydrogen-bond donors (Lipinski definition) is 1. The van der Waals surface area contributed by atoms with Crippen LogP contribution in [0.15, 0.2) is 0 Å². The molecule has 0 aromatic heterocycles. The van der Waals surface area contributed by atoms with E-state index in [2.05, 4.69) is 19.2 Å². The fraction of sp³-hybridized carbons (Fsp3) is 0.929. The Hall–Kier alpha value is -0.650. The minimum absolute atomic E-state index is 0.0654. The highest BCUT2D eigenvalue weighted by molar-refractivity contribution is 5.78. The van der Waals surface area contributed by atoms with Crippen molar-refractivity contribution >= 4 is 5.97 Å². The topological polar surface area (TPSA) is 56.8 Å². The average molecular weight is 273 g/mol. The molecule has 0 bridgehead atoms. The van der Waals surface area contributed by atoms with Gasteiger partial charge in [0, 0.05) is 26.7 Å². The second kappa shape index (κ2) is 8.51. The molecule has 1 aliphatic rings. The van der Waals surface area contributed by atoms with E-state index in [1.165, 1.54) is 0 Å². The molecule has 1 heterocycles. The zero-order valence-electron chi connectivity index (χ0n) is 12.4. The Morgan fingerprint density at radius 1 is 1.26 bits per heavy atom. The summed E-state index contributed by atoms with van der Waals surface area (Å²) in [6, 6.07) is 0. The number of ether oxygens (including phenoxy) is 3. The minimum Gasteiger partial charge on any atom is -0.465 e. The van der Waals surface area contributed by atoms with E-state index < -0.39 is 0 Å². The summed E-state index contributed by atoms with van der Waals surface area (Å²) in [5, 5.41) is 3.26. The Labute approximate surface area is 116 Å². The standard InChI is InChI=1S/C14H27NO4/c1-12(2)14(5-6-15-11-14)13(16)19-8-4-7-18-10-9-17-3/h12,15H,4-11H2,1-3H3. The molecular formula is C14H27NO4. The lowest BCUT2D eigenvalue weighted by molar-refractivity contribution is -0.158. The molecule has 0 saturated carbocycles. The smallest absolute Gasteiger partial charge is 0.313 e. The molecular weight excluding hydrogens is 246 g/mol. The van der Waals surface area contributed by atoms with Crippen LogP contribution in [-0.4, -0.2) is 52.6 Å². The molecule has 0 amide bonds. The van der Waals surface area contributed by atoms with Crippen LogP contribution in [-0.2, 0) is 19.0 Å². The van der Waals surface area contributed by atoms with Crippen molar-refractivity contribution in [3.8, 4) is 0 Å². The molecule has 1 N–H and O–H groups in total. The largest absolute Gasteiger partial charge is 0.465 e. The third kappa shape index (κ3) is 4.75. The van der Waals surface area contributed by atoms with Crippen molar-refractivity contribution in [3.05, 3.63) is 0 Å². The van der Waals surface area contributed by atoms with E-state index in [0.717, 1.165) is 25.9 Å². The second-order valence-electron chi connectivity index (χ2n) is 5.33. The van der Waals surface area contributed by atoms with E-state index in [1.807, 2.05) is 0 Å². The van der Waals surface area contributed by atoms with Crippen molar-refractivity contribution in [2.24, 2.45) is 11.3 Å². The van der Waals surface area contributed by atoms with Crippen molar-refractivity contribution in [2.75, 3.05) is 46.6 Å². The molecule has 1 unspecified atom stereocenters. The van der Waals surface area contributed by atoms with Crippen LogP contribution in [0, 0.1) is 11.3 Å². The lowest BCUT2D eigenvalue weighted by atomic mass is 9.76. The lowest BCUT2D eigenvalue weighted by Gasteiger charge is -2.29. The van der Waals surface area contributed by atoms with Gasteiger partial charge in [0.15, 0.2) is 0 Å². The fourth-order valence-corrected chi connectivity index (χ4v) is 2.33. The van der Waals surface area contributed by atoms with Gasteiger partial charge in [0.2, 0.25) is 0 Å². The summed E-state index contributed by atoms with van der Waals surface area (Å²) in [5.74, 6) is 0.234. The molecule has 0 spiro atoms. The van der Waals surface area contributed by atoms with Gasteiger partial charge >= 0.3 is 5.97 Å². The first-order valence-electron chi connectivity index (χ1n) is 7.08. The van der Waals surface area contributed by atoms with Crippen molar-refractivity contribution < 1.29 is 19.0 Å². The van der Waals surface area contributed by atoms with E-state index in [0.29, 0.717) is 32.3 Å². The number of nitrogens with one attached hydrogen (secondary N) is 1. The highest BCUT2D eigenvalue weighted by Gasteiger charge is 2.45. The molecule has 0 aromatic rings. The summed E-state index contributed by atoms with van der Waals surface area (Å²) >= 11 is 0. The monoisotopic (exact) mass is 273 g/mol. The Morgan fingerprint density at radius 3 is 2.63 bits per heavy atom. The van der Waals surface area contributed by atoms with Crippen molar-refractivity contribution in [2.45, 2.75) is 26.7 Å². The molecule has 1 saturated heterocycles. The normalized spacial score (nSPS) is 22.9. The summed E-state index contributed by atoms with van der Waals surface area (Å²) in [5.41, 5.74) is -0.336. The molecule has 112 valence electrons. The summed E-state index contributed by atoms with van der Waals surface area (Å²) in [7, 11) is 1.64. The predicted molar refractivity (Wildman–Crippen MR) is 73.0 cm³/mol. The van der Waals surface area contributed by atoms with Crippen molar-refractivity contribution in [3.63, 3.8) is 0 Å². The van der Waals surface area contributed by atoms with E-state index in [1.54, 1.807) is 7.11 Å². The molecule has 0 aromatic carbocycles. The number of rotatable bonds is 9. The number of carbonyl (C=O) groups is 1. The van der Waals surface area contributed by atoms with Crippen LogP contribution in [0.2, 0.25) is 0 Å². The van der Waals surface area contributed by atoms with Gasteiger partial charge < -0.3 is 19.5 Å². The van der Waals surface area contributed by atoms with Gasteiger partial charge in [0.25, 0.3) is 0 Å². The number of hydrogen-bond acceptors (Lipinski definition) is 5. The van der Waals surface area contributed by atoms with Crippen LogP contribution >= 0.6 is 0 Å². The van der Waals surface area contributed by atoms with Crippen LogP contribution < -0.4 is 5.32 Å². The SMILES string of the molecule is COCCOCCCOC(=O)C1(C(C)C)CCNC1. The van der Waals surface area contributed by atoms with E-state index in [9.17, 15) is 4.79 Å². The zero-order valence-corrected chi connectivity index (χ0v) is 12.4. The molecule has 0 radical (unpaired) electrons. The maximum Gasteiger partial charge on any atom is 0.313 e. The molecule has 1 aliphatic heterocycles. The quantitative estimate of drug-likeness (QED) is 0.505. The fourth-order valence-electron chi connectivity index (χ4n) is 2.33. The highest BCUT2D eigenvalue weighted by atomic mass is 16.5. The van der Waals surface area contributed by atoms with E-state index in [-0.39, 0.29) is 11.4 Å². The van der Waals surface area contributed by atoms with E-state index >= 15 is 0 Å². The summed E-state index contributed by atoms with van der Waals surface area (Å²) in [6.45, 7) is 8.02. The van der Waals surface area contributed by atoms with Gasteiger partial charge in [-0.3, -0.25) is 4.79 Å². The highest BCUT2D eigenvalue weighted by Crippen LogP contribution is 2.35. The van der Waals surface area contributed by atoms with Gasteiger partial charge in [-0.05, 0) is 18.9 Å². The Kier molecular flexibility index (Phi) is 7.34. The average Bonchev–Trinajstić information content (AvgIpc) is 2.88. The van der Waals surface area contributed by atoms with Gasteiger partial charge in [-0.1, -0.05) is 13.8 Å². The first-order valence-corrected chi connectivity index (χ1v) is 7.08. The van der Waals surface area contributed by atoms with Crippen LogP contribution in [0.25, 0.3) is 0 Å². The van der Waals surface area contributed by atoms with Crippen molar-refractivity contribution in [1.82, 2.24) is 5.32 Å². The second-order valence-corrected chi connectivity index (χ2v) is 5.33. The summed E-state index contributed by atoms with van der Waals surface area (Å²) in [4.78, 5) is 12.2. The molecule has 5 nitrogen and oxygen atoms in total. The molecule has 1 atom stereocenters. The Balaban J connectivity index is 2.19. The maximum absolute atomic E-state index is 12.2. The van der Waals surface area contributed by atoms with Gasteiger partial charge in [-0.25, -0.2) is 0 Å². The number of carbonyl (C=O) groups excluding carboxylic acids is 1. The summed E-state index contributed by atoms with van der Waals surface area (Å²) < 4.78 is 15.6. The third-order valence-electron chi connectivity index (χ3n) is 3.80. The van der Waals surface area contributed by atoms with Gasteiger partial charge in [-0.2, -0.15) is 0 Å². The molecule has 1 rings (SSSR count). The van der Waals surface area contributed by atoms with Crippen LogP contribution in [0.5, 0.6) is 0 Å². The molecule has 5 heteroatoms. The van der Waals surface area contributed by atoms with Crippen molar-refractivity contribution in [1.29, 1.82) is 0 Å². The molecule has 1 fully saturated rings. The van der Waals surface area contributed by atoms with Crippen LogP contribution in [0.1, 0.15) is 26.7 Å². The number of methoxy groups -OCH3 is 1. The Morgan fingerprint density at radius 2 is 2.05 bits per heavy atom. The zero-order chi connectivity index (χ0) is 14.1. The van der Waals surface area contributed by atoms with Gasteiger partial charge in [-0.15, -0.1) is 0 Å². The Bertz CT molecular complexity index is 262. The maximum atomic E-state index is 12.2. The third-order valence-corrected chi connectivity index (χ3v) is 3.80. The predicted octanol–water partition coefficient (Wildman–Crippen LogP) is 1.22. The van der Waals surface area contributed by atoms with Gasteiger partial charge in [0.1, 0.15) is 0 Å². The lowest BCUT2D eigenvalue weighted by Crippen LogP contribution is -2.40.